The number of aliphatic hydroxyl groups excluding tert-OH is 1. The number of nitrogens with zero attached hydrogens (tertiary/aromatic N) is 1. The van der Waals surface area contributed by atoms with Gasteiger partial charge in [-0.05, 0) is 37.2 Å². The van der Waals surface area contributed by atoms with E-state index < -0.39 is 53.9 Å². The molecule has 0 fully saturated rings. The number of amides is 2. The van der Waals surface area contributed by atoms with Crippen LogP contribution in [0.3, 0.4) is 0 Å². The fourth-order valence-electron chi connectivity index (χ4n) is 3.85. The van der Waals surface area contributed by atoms with E-state index in [0.29, 0.717) is 44.8 Å². The highest BCUT2D eigenvalue weighted by molar-refractivity contribution is 5.89. The quantitative estimate of drug-likeness (QED) is 0.143. The largest absolute Gasteiger partial charge is 0.444 e. The lowest BCUT2D eigenvalue weighted by Gasteiger charge is -2.24. The summed E-state index contributed by atoms with van der Waals surface area (Å²) in [7, 11) is 0. The SMILES string of the molecule is CC(C)C[C@H](NC(=O)[C@@H](O)[C@H](N)Cc1ccccc1)C(=O)NCCCCCC(=O)OCn1cc(F)c(=O)[nH]c1=O. The molecule has 0 bridgehead atoms. The zero-order valence-corrected chi connectivity index (χ0v) is 22.7. The molecule has 0 radical (unpaired) electrons. The number of carbonyl (C=O) groups excluding carboxylic acids is 3. The van der Waals surface area contributed by atoms with Gasteiger partial charge in [0.2, 0.25) is 11.7 Å². The average molecular weight is 564 g/mol. The van der Waals surface area contributed by atoms with Crippen LogP contribution >= 0.6 is 0 Å². The fourth-order valence-corrected chi connectivity index (χ4v) is 3.85. The first-order chi connectivity index (χ1) is 19.0. The maximum Gasteiger partial charge on any atom is 0.331 e. The zero-order valence-electron chi connectivity index (χ0n) is 22.7. The van der Waals surface area contributed by atoms with Gasteiger partial charge in [-0.2, -0.15) is 4.39 Å². The van der Waals surface area contributed by atoms with Crippen LogP contribution in [-0.4, -0.2) is 57.2 Å². The maximum absolute atomic E-state index is 13.3. The van der Waals surface area contributed by atoms with Gasteiger partial charge in [0.25, 0.3) is 11.5 Å². The summed E-state index contributed by atoms with van der Waals surface area (Å²) in [4.78, 5) is 61.6. The number of hydrogen-bond acceptors (Lipinski definition) is 8. The minimum Gasteiger partial charge on any atom is -0.444 e. The molecule has 2 rings (SSSR count). The van der Waals surface area contributed by atoms with Gasteiger partial charge in [0.05, 0.1) is 6.20 Å². The first-order valence-corrected chi connectivity index (χ1v) is 13.2. The molecule has 40 heavy (non-hydrogen) atoms. The van der Waals surface area contributed by atoms with Crippen LogP contribution in [0, 0.1) is 11.7 Å². The summed E-state index contributed by atoms with van der Waals surface area (Å²) in [6, 6.07) is 7.55. The Bertz CT molecular complexity index is 1230. The highest BCUT2D eigenvalue weighted by Crippen LogP contribution is 2.09. The predicted molar refractivity (Wildman–Crippen MR) is 144 cm³/mol. The topological polar surface area (TPSA) is 186 Å². The van der Waals surface area contributed by atoms with Gasteiger partial charge in [-0.1, -0.05) is 50.6 Å². The van der Waals surface area contributed by atoms with Gasteiger partial charge < -0.3 is 26.2 Å². The Labute approximate surface area is 231 Å². The lowest BCUT2D eigenvalue weighted by molar-refractivity contribution is -0.147. The van der Waals surface area contributed by atoms with E-state index in [1.54, 1.807) is 4.98 Å². The summed E-state index contributed by atoms with van der Waals surface area (Å²) >= 11 is 0. The first-order valence-electron chi connectivity index (χ1n) is 13.2. The van der Waals surface area contributed by atoms with E-state index in [4.69, 9.17) is 10.5 Å². The van der Waals surface area contributed by atoms with Crippen LogP contribution in [0.2, 0.25) is 0 Å². The molecule has 1 heterocycles. The van der Waals surface area contributed by atoms with Crippen LogP contribution < -0.4 is 27.6 Å². The zero-order chi connectivity index (χ0) is 29.7. The third-order valence-electron chi connectivity index (χ3n) is 6.02. The van der Waals surface area contributed by atoms with Crippen molar-refractivity contribution in [2.45, 2.75) is 77.3 Å². The average Bonchev–Trinajstić information content (AvgIpc) is 2.91. The number of aliphatic hydroxyl groups is 1. The van der Waals surface area contributed by atoms with Gasteiger partial charge in [-0.25, -0.2) is 4.79 Å². The van der Waals surface area contributed by atoms with E-state index in [1.807, 2.05) is 44.2 Å². The van der Waals surface area contributed by atoms with Gasteiger partial charge in [0, 0.05) is 19.0 Å². The molecule has 0 unspecified atom stereocenters. The van der Waals surface area contributed by atoms with E-state index in [0.717, 1.165) is 10.1 Å². The van der Waals surface area contributed by atoms with Crippen molar-refractivity contribution in [1.29, 1.82) is 0 Å². The number of hydrogen-bond donors (Lipinski definition) is 5. The molecule has 220 valence electrons. The summed E-state index contributed by atoms with van der Waals surface area (Å²) in [6.45, 7) is 3.59. The Hall–Kier alpha value is -3.84. The Balaban J connectivity index is 1.71. The minimum absolute atomic E-state index is 0.0433. The van der Waals surface area contributed by atoms with Crippen molar-refractivity contribution in [2.24, 2.45) is 11.7 Å². The highest BCUT2D eigenvalue weighted by Gasteiger charge is 2.28. The van der Waals surface area contributed by atoms with Crippen LogP contribution in [0.5, 0.6) is 0 Å². The van der Waals surface area contributed by atoms with Crippen molar-refractivity contribution in [2.75, 3.05) is 6.54 Å². The van der Waals surface area contributed by atoms with Gasteiger partial charge in [0.1, 0.15) is 12.1 Å². The molecular formula is C27H38FN5O7. The lowest BCUT2D eigenvalue weighted by Crippen LogP contribution is -2.54. The summed E-state index contributed by atoms with van der Waals surface area (Å²) in [6.07, 6.45) is 1.47. The predicted octanol–water partition coefficient (Wildman–Crippen LogP) is 0.315. The number of nitrogens with one attached hydrogen (secondary N) is 3. The molecule has 2 amide bonds. The van der Waals surface area contributed by atoms with Crippen molar-refractivity contribution in [1.82, 2.24) is 20.2 Å². The van der Waals surface area contributed by atoms with Crippen LogP contribution in [-0.2, 0) is 32.3 Å². The number of carbonyl (C=O) groups is 3. The van der Waals surface area contributed by atoms with Gasteiger partial charge in [-0.3, -0.25) is 28.7 Å². The number of H-pyrrole nitrogens is 1. The third-order valence-corrected chi connectivity index (χ3v) is 6.02. The molecule has 3 atom stereocenters. The molecule has 13 heteroatoms. The molecule has 0 aliphatic rings. The number of benzene rings is 1. The Morgan fingerprint density at radius 3 is 2.48 bits per heavy atom. The standard InChI is InChI=1S/C27H38FN5O7/c1-17(2)13-21(31-26(38)23(35)20(29)14-18-9-5-3-6-10-18)25(37)30-12-8-4-7-11-22(34)40-16-33-15-19(28)24(36)32-27(33)39/h3,5-6,9-10,15,17,20-21,23,35H,4,7-8,11-14,16,29H2,1-2H3,(H,30,37)(H,31,38)(H,32,36,39)/t20-,21+,23+/m1/s1. The van der Waals surface area contributed by atoms with Gasteiger partial charge in [-0.15, -0.1) is 0 Å². The van der Waals surface area contributed by atoms with Crippen LogP contribution in [0.25, 0.3) is 0 Å². The molecule has 6 N–H and O–H groups in total. The molecule has 0 saturated carbocycles. The molecular weight excluding hydrogens is 525 g/mol. The number of ether oxygens (including phenoxy) is 1. The van der Waals surface area contributed by atoms with Crippen molar-refractivity contribution in [3.05, 3.63) is 68.7 Å². The summed E-state index contributed by atoms with van der Waals surface area (Å²) in [5.41, 5.74) is 4.86. The molecule has 0 aliphatic heterocycles. The third kappa shape index (κ3) is 11.1. The van der Waals surface area contributed by atoms with Gasteiger partial charge in [0.15, 0.2) is 6.73 Å². The van der Waals surface area contributed by atoms with E-state index in [1.165, 1.54) is 0 Å². The Kier molecular flexibility index (Phi) is 13.2. The fraction of sp³-hybridized carbons (Fsp3) is 0.519. The van der Waals surface area contributed by atoms with Crippen molar-refractivity contribution in [3.8, 4) is 0 Å². The first kappa shape index (κ1) is 32.4. The maximum atomic E-state index is 13.3. The summed E-state index contributed by atoms with van der Waals surface area (Å²) in [5.74, 6) is -2.78. The van der Waals surface area contributed by atoms with Crippen LogP contribution in [0.1, 0.15) is 51.5 Å². The number of aromatic nitrogens is 2. The normalized spacial score (nSPS) is 13.3. The van der Waals surface area contributed by atoms with E-state index >= 15 is 0 Å². The molecule has 0 saturated heterocycles. The number of nitrogens with two attached hydrogens (primary N) is 1. The Morgan fingerprint density at radius 2 is 1.80 bits per heavy atom. The summed E-state index contributed by atoms with van der Waals surface area (Å²) in [5, 5.41) is 15.8. The molecule has 0 spiro atoms. The smallest absolute Gasteiger partial charge is 0.331 e. The van der Waals surface area contributed by atoms with Gasteiger partial charge >= 0.3 is 11.7 Å². The van der Waals surface area contributed by atoms with Crippen molar-refractivity contribution in [3.63, 3.8) is 0 Å². The van der Waals surface area contributed by atoms with Crippen LogP contribution in [0.15, 0.2) is 46.1 Å². The summed E-state index contributed by atoms with van der Waals surface area (Å²) < 4.78 is 18.9. The second-order valence-corrected chi connectivity index (χ2v) is 9.94. The molecule has 1 aromatic carbocycles. The molecule has 12 nitrogen and oxygen atoms in total. The van der Waals surface area contributed by atoms with Crippen LogP contribution in [0.4, 0.5) is 4.39 Å². The molecule has 1 aromatic heterocycles. The van der Waals surface area contributed by atoms with Crippen molar-refractivity contribution < 1.29 is 28.6 Å². The lowest BCUT2D eigenvalue weighted by atomic mass is 9.99. The number of unbranched alkanes of at least 4 members (excludes halogenated alkanes) is 2. The van der Waals surface area contributed by atoms with E-state index in [9.17, 15) is 33.5 Å². The highest BCUT2D eigenvalue weighted by atomic mass is 19.1. The number of esters is 1. The second-order valence-electron chi connectivity index (χ2n) is 9.94. The second kappa shape index (κ2) is 16.3. The molecule has 2 aromatic rings. The number of rotatable bonds is 16. The Morgan fingerprint density at radius 1 is 1.10 bits per heavy atom. The molecule has 0 aliphatic carbocycles. The van der Waals surface area contributed by atoms with E-state index in [2.05, 4.69) is 10.6 Å². The number of halogens is 1. The monoisotopic (exact) mass is 563 g/mol. The number of aromatic amines is 1. The minimum atomic E-state index is -1.48. The van der Waals surface area contributed by atoms with E-state index in [-0.39, 0.29) is 18.2 Å². The van der Waals surface area contributed by atoms with Crippen molar-refractivity contribution >= 4 is 17.8 Å².